The van der Waals surface area contributed by atoms with Crippen molar-refractivity contribution in [2.75, 3.05) is 13.1 Å². The molecule has 1 aliphatic heterocycles. The number of carbonyl (C=O) groups is 1. The minimum Gasteiger partial charge on any atom is -0.481 e. The molecule has 19 heavy (non-hydrogen) atoms. The molecule has 1 N–H and O–H groups in total. The largest absolute Gasteiger partial charge is 0.481 e. The maximum Gasteiger partial charge on any atom is 0.310 e. The molecule has 0 bridgehead atoms. The van der Waals surface area contributed by atoms with Crippen molar-refractivity contribution in [3.05, 3.63) is 0 Å². The maximum absolute atomic E-state index is 11.9. The summed E-state index contributed by atoms with van der Waals surface area (Å²) in [5.74, 6) is 0.704. The van der Waals surface area contributed by atoms with Crippen molar-refractivity contribution in [3.8, 4) is 0 Å². The van der Waals surface area contributed by atoms with Gasteiger partial charge in [0, 0.05) is 19.1 Å². The quantitative estimate of drug-likeness (QED) is 0.852. The Morgan fingerprint density at radius 2 is 1.95 bits per heavy atom. The average Bonchev–Trinajstić information content (AvgIpc) is 2.34. The second-order valence-corrected chi connectivity index (χ2v) is 7.25. The van der Waals surface area contributed by atoms with E-state index in [-0.39, 0.29) is 0 Å². The molecule has 4 unspecified atom stereocenters. The minimum atomic E-state index is -0.565. The minimum absolute atomic E-state index is 0.483. The summed E-state index contributed by atoms with van der Waals surface area (Å²) in [5, 5.41) is 9.76. The third-order valence-corrected chi connectivity index (χ3v) is 5.30. The van der Waals surface area contributed by atoms with Crippen molar-refractivity contribution >= 4 is 5.97 Å². The predicted molar refractivity (Wildman–Crippen MR) is 77.1 cm³/mol. The van der Waals surface area contributed by atoms with Crippen molar-refractivity contribution in [1.29, 1.82) is 0 Å². The van der Waals surface area contributed by atoms with Crippen LogP contribution in [-0.4, -0.2) is 35.1 Å². The summed E-state index contributed by atoms with van der Waals surface area (Å²) in [7, 11) is 0. The Balaban J connectivity index is 2.09. The van der Waals surface area contributed by atoms with Crippen LogP contribution in [0.3, 0.4) is 0 Å². The van der Waals surface area contributed by atoms with E-state index in [2.05, 4.69) is 25.7 Å². The molecular formula is C16H29NO2. The molecule has 1 heterocycles. The molecule has 2 rings (SSSR count). The molecule has 110 valence electrons. The first kappa shape index (κ1) is 14.8. The lowest BCUT2D eigenvalue weighted by Gasteiger charge is -2.44. The molecule has 0 aromatic rings. The molecule has 0 radical (unpaired) electrons. The van der Waals surface area contributed by atoms with Gasteiger partial charge in [0.25, 0.3) is 0 Å². The van der Waals surface area contributed by atoms with Gasteiger partial charge in [-0.3, -0.25) is 9.69 Å². The lowest BCUT2D eigenvalue weighted by Crippen LogP contribution is -2.51. The van der Waals surface area contributed by atoms with Crippen LogP contribution in [0, 0.1) is 17.3 Å². The van der Waals surface area contributed by atoms with Crippen molar-refractivity contribution in [2.24, 2.45) is 17.3 Å². The maximum atomic E-state index is 11.9. The Kier molecular flexibility index (Phi) is 4.54. The second-order valence-electron chi connectivity index (χ2n) is 7.25. The van der Waals surface area contributed by atoms with E-state index in [0.29, 0.717) is 17.9 Å². The standard InChI is InChI=1S/C16H29NO2/c1-12-5-4-8-16(9-12,15(18)19)11-17-10-13(2)6-7-14(17)3/h12-14H,4-11H2,1-3H3,(H,18,19). The van der Waals surface area contributed by atoms with Crippen LogP contribution < -0.4 is 0 Å². The first-order chi connectivity index (χ1) is 8.93. The highest BCUT2D eigenvalue weighted by Gasteiger charge is 2.44. The molecule has 0 aromatic carbocycles. The summed E-state index contributed by atoms with van der Waals surface area (Å²) < 4.78 is 0. The van der Waals surface area contributed by atoms with E-state index in [4.69, 9.17) is 0 Å². The van der Waals surface area contributed by atoms with Crippen LogP contribution >= 0.6 is 0 Å². The van der Waals surface area contributed by atoms with E-state index in [1.54, 1.807) is 0 Å². The fraction of sp³-hybridized carbons (Fsp3) is 0.938. The Morgan fingerprint density at radius 1 is 1.21 bits per heavy atom. The highest BCUT2D eigenvalue weighted by atomic mass is 16.4. The van der Waals surface area contributed by atoms with Gasteiger partial charge >= 0.3 is 5.97 Å². The monoisotopic (exact) mass is 267 g/mol. The van der Waals surface area contributed by atoms with Gasteiger partial charge in [-0.2, -0.15) is 0 Å². The second kappa shape index (κ2) is 5.82. The predicted octanol–water partition coefficient (Wildman–Crippen LogP) is 3.39. The molecule has 3 nitrogen and oxygen atoms in total. The topological polar surface area (TPSA) is 40.5 Å². The van der Waals surface area contributed by atoms with Gasteiger partial charge in [-0.05, 0) is 44.4 Å². The van der Waals surface area contributed by atoms with Crippen LogP contribution in [-0.2, 0) is 4.79 Å². The number of aliphatic carboxylic acids is 1. The van der Waals surface area contributed by atoms with Crippen LogP contribution in [0.25, 0.3) is 0 Å². The third-order valence-electron chi connectivity index (χ3n) is 5.30. The summed E-state index contributed by atoms with van der Waals surface area (Å²) in [6.07, 6.45) is 6.50. The molecule has 2 fully saturated rings. The number of nitrogens with zero attached hydrogens (tertiary/aromatic N) is 1. The highest BCUT2D eigenvalue weighted by Crippen LogP contribution is 2.41. The average molecular weight is 267 g/mol. The number of rotatable bonds is 3. The van der Waals surface area contributed by atoms with Crippen molar-refractivity contribution < 1.29 is 9.90 Å². The smallest absolute Gasteiger partial charge is 0.310 e. The van der Waals surface area contributed by atoms with Gasteiger partial charge in [0.05, 0.1) is 5.41 Å². The Labute approximate surface area is 117 Å². The number of hydrogen-bond donors (Lipinski definition) is 1. The molecule has 1 saturated heterocycles. The summed E-state index contributed by atoms with van der Waals surface area (Å²) in [6, 6.07) is 0.546. The third kappa shape index (κ3) is 3.31. The molecule has 1 aliphatic carbocycles. The van der Waals surface area contributed by atoms with Crippen LogP contribution in [0.5, 0.6) is 0 Å². The van der Waals surface area contributed by atoms with Gasteiger partial charge in [0.1, 0.15) is 0 Å². The van der Waals surface area contributed by atoms with Gasteiger partial charge < -0.3 is 5.11 Å². The van der Waals surface area contributed by atoms with E-state index in [1.807, 2.05) is 0 Å². The van der Waals surface area contributed by atoms with Crippen LogP contribution in [0.4, 0.5) is 0 Å². The normalized spacial score (nSPS) is 41.1. The Morgan fingerprint density at radius 3 is 2.58 bits per heavy atom. The van der Waals surface area contributed by atoms with Crippen molar-refractivity contribution in [3.63, 3.8) is 0 Å². The first-order valence-electron chi connectivity index (χ1n) is 7.90. The van der Waals surface area contributed by atoms with Gasteiger partial charge in [0.2, 0.25) is 0 Å². The Bertz CT molecular complexity index is 331. The van der Waals surface area contributed by atoms with Crippen molar-refractivity contribution in [2.45, 2.75) is 65.3 Å². The number of carboxylic acids is 1. The Hall–Kier alpha value is -0.570. The highest BCUT2D eigenvalue weighted by molar-refractivity contribution is 5.75. The fourth-order valence-electron chi connectivity index (χ4n) is 4.05. The molecule has 0 amide bonds. The van der Waals surface area contributed by atoms with E-state index < -0.39 is 11.4 Å². The number of likely N-dealkylation sites (tertiary alicyclic amines) is 1. The van der Waals surface area contributed by atoms with E-state index >= 15 is 0 Å². The van der Waals surface area contributed by atoms with Crippen molar-refractivity contribution in [1.82, 2.24) is 4.90 Å². The summed E-state index contributed by atoms with van der Waals surface area (Å²) >= 11 is 0. The van der Waals surface area contributed by atoms with E-state index in [1.165, 1.54) is 19.3 Å². The first-order valence-corrected chi connectivity index (χ1v) is 7.90. The zero-order chi connectivity index (χ0) is 14.0. The van der Waals surface area contributed by atoms with Crippen LogP contribution in [0.1, 0.15) is 59.3 Å². The zero-order valence-corrected chi connectivity index (χ0v) is 12.7. The summed E-state index contributed by atoms with van der Waals surface area (Å²) in [4.78, 5) is 14.3. The van der Waals surface area contributed by atoms with E-state index in [0.717, 1.165) is 32.4 Å². The molecule has 3 heteroatoms. The fourth-order valence-corrected chi connectivity index (χ4v) is 4.05. The molecule has 0 spiro atoms. The van der Waals surface area contributed by atoms with Gasteiger partial charge in [-0.25, -0.2) is 0 Å². The molecular weight excluding hydrogens is 238 g/mol. The van der Waals surface area contributed by atoms with Gasteiger partial charge in [-0.15, -0.1) is 0 Å². The SMILES string of the molecule is CC1CCC(C)N(CC2(C(=O)O)CCCC(C)C2)C1. The summed E-state index contributed by atoms with van der Waals surface area (Å²) in [6.45, 7) is 8.59. The van der Waals surface area contributed by atoms with Crippen LogP contribution in [0.2, 0.25) is 0 Å². The molecule has 0 aromatic heterocycles. The molecule has 1 saturated carbocycles. The van der Waals surface area contributed by atoms with E-state index in [9.17, 15) is 9.90 Å². The van der Waals surface area contributed by atoms with Gasteiger partial charge in [-0.1, -0.05) is 26.7 Å². The summed E-state index contributed by atoms with van der Waals surface area (Å²) in [5.41, 5.74) is -0.483. The molecule has 4 atom stereocenters. The number of carboxylic acid groups (broad SMARTS) is 1. The number of piperidine rings is 1. The molecule has 2 aliphatic rings. The number of hydrogen-bond acceptors (Lipinski definition) is 2. The van der Waals surface area contributed by atoms with Crippen LogP contribution in [0.15, 0.2) is 0 Å². The van der Waals surface area contributed by atoms with Gasteiger partial charge in [0.15, 0.2) is 0 Å². The zero-order valence-electron chi connectivity index (χ0n) is 12.7. The lowest BCUT2D eigenvalue weighted by atomic mass is 9.69. The lowest BCUT2D eigenvalue weighted by molar-refractivity contribution is -0.154.